The highest BCUT2D eigenvalue weighted by Crippen LogP contribution is 2.34. The third kappa shape index (κ3) is 2.23. The molecule has 0 unspecified atom stereocenters. The minimum absolute atomic E-state index is 0.219. The van der Waals surface area contributed by atoms with Crippen LogP contribution in [0.3, 0.4) is 0 Å². The lowest BCUT2D eigenvalue weighted by atomic mass is 10.2. The molecule has 0 bridgehead atoms. The Morgan fingerprint density at radius 1 is 1.24 bits per heavy atom. The van der Waals surface area contributed by atoms with E-state index >= 15 is 0 Å². The Kier molecular flexibility index (Phi) is 3.29. The van der Waals surface area contributed by atoms with Gasteiger partial charge in [0.25, 0.3) is 0 Å². The van der Waals surface area contributed by atoms with Gasteiger partial charge < -0.3 is 10.0 Å². The smallest absolute Gasteiger partial charge is 0.139 e. The number of benzene rings is 1. The van der Waals surface area contributed by atoms with Crippen molar-refractivity contribution in [2.24, 2.45) is 0 Å². The number of amidine groups is 1. The molecule has 0 radical (unpaired) electrons. The number of nitrogens with one attached hydrogen (secondary N) is 1. The van der Waals surface area contributed by atoms with Crippen molar-refractivity contribution in [2.75, 3.05) is 11.4 Å². The maximum Gasteiger partial charge on any atom is 0.139 e. The van der Waals surface area contributed by atoms with Gasteiger partial charge in [-0.2, -0.15) is 0 Å². The SMILES string of the molecule is Cc1ccccc1N1CC(O)=C(c2nc(C)c(C)s2)C1=N. The first-order chi connectivity index (χ1) is 9.99. The standard InChI is InChI=1S/C16H17N3OS/c1-9-6-4-5-7-12(9)19-8-13(20)14(15(19)17)16-18-10(2)11(3)21-16/h4-7,17,20H,8H2,1-3H3. The summed E-state index contributed by atoms with van der Waals surface area (Å²) in [5, 5.41) is 19.4. The molecule has 2 aromatic rings. The van der Waals surface area contributed by atoms with Crippen LogP contribution in [0.2, 0.25) is 0 Å². The zero-order valence-electron chi connectivity index (χ0n) is 12.3. The predicted molar refractivity (Wildman–Crippen MR) is 87.4 cm³/mol. The predicted octanol–water partition coefficient (Wildman–Crippen LogP) is 3.83. The number of aliphatic hydroxyl groups is 1. The summed E-state index contributed by atoms with van der Waals surface area (Å²) >= 11 is 1.52. The Bertz CT molecular complexity index is 741. The van der Waals surface area contributed by atoms with Crippen LogP contribution in [0.1, 0.15) is 21.1 Å². The fourth-order valence-electron chi connectivity index (χ4n) is 2.46. The minimum atomic E-state index is 0.219. The third-order valence-corrected chi connectivity index (χ3v) is 4.84. The Hall–Kier alpha value is -2.14. The maximum atomic E-state index is 10.3. The van der Waals surface area contributed by atoms with Crippen LogP contribution >= 0.6 is 11.3 Å². The Morgan fingerprint density at radius 2 is 1.95 bits per heavy atom. The van der Waals surface area contributed by atoms with E-state index in [1.54, 1.807) is 0 Å². The molecule has 0 aliphatic carbocycles. The van der Waals surface area contributed by atoms with E-state index in [0.29, 0.717) is 18.0 Å². The summed E-state index contributed by atoms with van der Waals surface area (Å²) in [7, 11) is 0. The molecule has 0 saturated carbocycles. The van der Waals surface area contributed by atoms with Crippen LogP contribution in [0.25, 0.3) is 5.57 Å². The topological polar surface area (TPSA) is 60.2 Å². The van der Waals surface area contributed by atoms with E-state index < -0.39 is 0 Å². The number of hydrogen-bond acceptors (Lipinski definition) is 4. The van der Waals surface area contributed by atoms with Crippen LogP contribution < -0.4 is 4.90 Å². The summed E-state index contributed by atoms with van der Waals surface area (Å²) in [6.45, 7) is 6.29. The molecule has 2 heterocycles. The molecule has 0 saturated heterocycles. The number of rotatable bonds is 2. The molecule has 1 aliphatic rings. The lowest BCUT2D eigenvalue weighted by molar-refractivity contribution is 0.411. The Morgan fingerprint density at radius 3 is 2.57 bits per heavy atom. The second-order valence-electron chi connectivity index (χ2n) is 5.20. The van der Waals surface area contributed by atoms with Gasteiger partial charge in [0, 0.05) is 10.6 Å². The number of para-hydroxylation sites is 1. The molecule has 21 heavy (non-hydrogen) atoms. The molecule has 1 aliphatic heterocycles. The van der Waals surface area contributed by atoms with Gasteiger partial charge in [0.2, 0.25) is 0 Å². The normalized spacial score (nSPS) is 15.2. The van der Waals surface area contributed by atoms with E-state index in [4.69, 9.17) is 5.41 Å². The number of aliphatic hydroxyl groups excluding tert-OH is 1. The van der Waals surface area contributed by atoms with Crippen LogP contribution in [-0.4, -0.2) is 22.5 Å². The molecule has 3 rings (SSSR count). The molecule has 4 nitrogen and oxygen atoms in total. The minimum Gasteiger partial charge on any atom is -0.510 e. The van der Waals surface area contributed by atoms with Crippen LogP contribution in [0.5, 0.6) is 0 Å². The first-order valence-electron chi connectivity index (χ1n) is 6.77. The molecule has 0 fully saturated rings. The number of anilines is 1. The van der Waals surface area contributed by atoms with E-state index in [9.17, 15) is 5.11 Å². The van der Waals surface area contributed by atoms with Crippen LogP contribution in [0.4, 0.5) is 5.69 Å². The summed E-state index contributed by atoms with van der Waals surface area (Å²) in [4.78, 5) is 7.42. The molecule has 5 heteroatoms. The van der Waals surface area contributed by atoms with Gasteiger partial charge in [-0.25, -0.2) is 4.98 Å². The highest BCUT2D eigenvalue weighted by atomic mass is 32.1. The average molecular weight is 299 g/mol. The maximum absolute atomic E-state index is 10.3. The zero-order chi connectivity index (χ0) is 15.1. The lowest BCUT2D eigenvalue weighted by Crippen LogP contribution is -2.26. The summed E-state index contributed by atoms with van der Waals surface area (Å²) in [6, 6.07) is 7.90. The highest BCUT2D eigenvalue weighted by Gasteiger charge is 2.31. The van der Waals surface area contributed by atoms with Crippen LogP contribution in [0.15, 0.2) is 30.0 Å². The van der Waals surface area contributed by atoms with Gasteiger partial charge in [0.05, 0.1) is 17.8 Å². The molecule has 2 N–H and O–H groups in total. The van der Waals surface area contributed by atoms with Gasteiger partial charge in [-0.3, -0.25) is 5.41 Å². The highest BCUT2D eigenvalue weighted by molar-refractivity contribution is 7.13. The van der Waals surface area contributed by atoms with E-state index in [-0.39, 0.29) is 5.76 Å². The molecular weight excluding hydrogens is 282 g/mol. The van der Waals surface area contributed by atoms with Crippen molar-refractivity contribution in [3.8, 4) is 0 Å². The van der Waals surface area contributed by atoms with Crippen molar-refractivity contribution in [3.05, 3.63) is 51.2 Å². The Labute approximate surface area is 127 Å². The number of hydrogen-bond donors (Lipinski definition) is 2. The summed E-state index contributed by atoms with van der Waals surface area (Å²) < 4.78 is 0. The Balaban J connectivity index is 2.00. The van der Waals surface area contributed by atoms with Crippen molar-refractivity contribution < 1.29 is 5.11 Å². The number of thiazole rings is 1. The monoisotopic (exact) mass is 299 g/mol. The van der Waals surface area contributed by atoms with Gasteiger partial charge >= 0.3 is 0 Å². The quantitative estimate of drug-likeness (QED) is 0.886. The zero-order valence-corrected chi connectivity index (χ0v) is 13.1. The second kappa shape index (κ2) is 5.00. The van der Waals surface area contributed by atoms with Gasteiger partial charge in [-0.1, -0.05) is 18.2 Å². The fourth-order valence-corrected chi connectivity index (χ4v) is 3.44. The van der Waals surface area contributed by atoms with Crippen molar-refractivity contribution in [3.63, 3.8) is 0 Å². The van der Waals surface area contributed by atoms with Crippen molar-refractivity contribution in [1.29, 1.82) is 5.41 Å². The summed E-state index contributed by atoms with van der Waals surface area (Å²) in [5.74, 6) is 0.535. The molecule has 0 atom stereocenters. The molecule has 1 aromatic carbocycles. The molecule has 1 aromatic heterocycles. The van der Waals surface area contributed by atoms with E-state index in [1.165, 1.54) is 11.3 Å². The van der Waals surface area contributed by atoms with Crippen molar-refractivity contribution in [2.45, 2.75) is 20.8 Å². The summed E-state index contributed by atoms with van der Waals surface area (Å²) in [6.07, 6.45) is 0. The van der Waals surface area contributed by atoms with Crippen molar-refractivity contribution >= 4 is 28.4 Å². The largest absolute Gasteiger partial charge is 0.510 e. The van der Waals surface area contributed by atoms with Crippen LogP contribution in [0, 0.1) is 26.2 Å². The van der Waals surface area contributed by atoms with Gasteiger partial charge in [-0.05, 0) is 32.4 Å². The third-order valence-electron chi connectivity index (χ3n) is 3.75. The first-order valence-corrected chi connectivity index (χ1v) is 7.59. The van der Waals surface area contributed by atoms with Gasteiger partial charge in [0.15, 0.2) is 0 Å². The second-order valence-corrected chi connectivity index (χ2v) is 6.41. The van der Waals surface area contributed by atoms with Gasteiger partial charge in [-0.15, -0.1) is 11.3 Å². The molecule has 0 spiro atoms. The first kappa shape index (κ1) is 13.8. The summed E-state index contributed by atoms with van der Waals surface area (Å²) in [5.41, 5.74) is 3.55. The number of nitrogens with zero attached hydrogens (tertiary/aromatic N) is 2. The molecule has 0 amide bonds. The van der Waals surface area contributed by atoms with Crippen molar-refractivity contribution in [1.82, 2.24) is 4.98 Å². The van der Waals surface area contributed by atoms with E-state index in [2.05, 4.69) is 4.98 Å². The lowest BCUT2D eigenvalue weighted by Gasteiger charge is -2.20. The number of aromatic nitrogens is 1. The van der Waals surface area contributed by atoms with Gasteiger partial charge in [0.1, 0.15) is 16.6 Å². The van der Waals surface area contributed by atoms with Crippen LogP contribution in [-0.2, 0) is 0 Å². The average Bonchev–Trinajstić information content (AvgIpc) is 2.91. The number of aryl methyl sites for hydroxylation is 3. The van der Waals surface area contributed by atoms with E-state index in [0.717, 1.165) is 26.8 Å². The molecular formula is C16H17N3OS. The van der Waals surface area contributed by atoms with E-state index in [1.807, 2.05) is 49.9 Å². The fraction of sp³-hybridized carbons (Fsp3) is 0.250. The molecule has 108 valence electrons.